The minimum Gasteiger partial charge on any atom is -0.466 e. The molecule has 154 valence electrons. The van der Waals surface area contributed by atoms with Crippen LogP contribution >= 0.6 is 0 Å². The number of fused-ring (bicyclic) bond motifs is 1. The van der Waals surface area contributed by atoms with Gasteiger partial charge < -0.3 is 14.1 Å². The predicted octanol–water partition coefficient (Wildman–Crippen LogP) is 4.14. The maximum atomic E-state index is 13.5. The molecule has 7 heteroatoms. The number of hydrogen-bond acceptors (Lipinski definition) is 5. The van der Waals surface area contributed by atoms with E-state index in [1.165, 1.54) is 0 Å². The van der Waals surface area contributed by atoms with Crippen LogP contribution in [-0.4, -0.2) is 50.9 Å². The number of morpholine rings is 1. The molecule has 1 amide bonds. The van der Waals surface area contributed by atoms with Gasteiger partial charge in [0, 0.05) is 24.7 Å². The number of ether oxygens (including phenoxy) is 1. The van der Waals surface area contributed by atoms with Gasteiger partial charge in [0.1, 0.15) is 11.5 Å². The van der Waals surface area contributed by atoms with Crippen molar-refractivity contribution < 1.29 is 13.9 Å². The van der Waals surface area contributed by atoms with E-state index in [0.717, 1.165) is 28.2 Å². The Hall–Kier alpha value is -2.67. The summed E-state index contributed by atoms with van der Waals surface area (Å²) in [6.07, 6.45) is 1.77. The van der Waals surface area contributed by atoms with Crippen molar-refractivity contribution in [1.82, 2.24) is 19.7 Å². The van der Waals surface area contributed by atoms with E-state index in [2.05, 4.69) is 18.9 Å². The second-order valence-electron chi connectivity index (χ2n) is 8.27. The van der Waals surface area contributed by atoms with E-state index in [0.29, 0.717) is 24.3 Å². The maximum Gasteiger partial charge on any atom is 0.254 e. The smallest absolute Gasteiger partial charge is 0.254 e. The summed E-state index contributed by atoms with van der Waals surface area (Å²) in [5, 5.41) is 5.29. The van der Waals surface area contributed by atoms with E-state index >= 15 is 0 Å². The van der Waals surface area contributed by atoms with Crippen molar-refractivity contribution in [1.29, 1.82) is 0 Å². The number of carbonyl (C=O) groups is 1. The summed E-state index contributed by atoms with van der Waals surface area (Å²) >= 11 is 0. The van der Waals surface area contributed by atoms with Crippen LogP contribution in [0.4, 0.5) is 0 Å². The Kier molecular flexibility index (Phi) is 4.94. The highest BCUT2D eigenvalue weighted by molar-refractivity contribution is 6.06. The molecule has 0 saturated carbocycles. The van der Waals surface area contributed by atoms with Crippen LogP contribution in [0.3, 0.4) is 0 Å². The van der Waals surface area contributed by atoms with Crippen molar-refractivity contribution in [3.63, 3.8) is 0 Å². The SMILES string of the molecule is Cc1cc(-c2cc(C(=O)N3CC(C)OC(C)C3)c3cnn(C(C)C)c3n2)c(C)o1. The average Bonchev–Trinajstić information content (AvgIpc) is 3.22. The predicted molar refractivity (Wildman–Crippen MR) is 111 cm³/mol. The highest BCUT2D eigenvalue weighted by Crippen LogP contribution is 2.31. The molecule has 1 saturated heterocycles. The van der Waals surface area contributed by atoms with E-state index in [9.17, 15) is 4.79 Å². The molecule has 1 aliphatic heterocycles. The van der Waals surface area contributed by atoms with Crippen LogP contribution in [0.5, 0.6) is 0 Å². The molecule has 3 aromatic heterocycles. The molecule has 2 unspecified atom stereocenters. The van der Waals surface area contributed by atoms with Crippen LogP contribution in [0.15, 0.2) is 22.7 Å². The van der Waals surface area contributed by atoms with Crippen LogP contribution in [0.25, 0.3) is 22.3 Å². The summed E-state index contributed by atoms with van der Waals surface area (Å²) in [4.78, 5) is 20.3. The third-order valence-corrected chi connectivity index (χ3v) is 5.31. The van der Waals surface area contributed by atoms with Crippen molar-refractivity contribution in [3.05, 3.63) is 35.4 Å². The third-order valence-electron chi connectivity index (χ3n) is 5.31. The summed E-state index contributed by atoms with van der Waals surface area (Å²) in [7, 11) is 0. The van der Waals surface area contributed by atoms with Gasteiger partial charge in [-0.25, -0.2) is 9.67 Å². The molecular weight excluding hydrogens is 368 g/mol. The highest BCUT2D eigenvalue weighted by Gasteiger charge is 2.29. The minimum atomic E-state index is -0.0122. The van der Waals surface area contributed by atoms with Crippen molar-refractivity contribution >= 4 is 16.9 Å². The molecule has 0 aliphatic carbocycles. The van der Waals surface area contributed by atoms with Crippen molar-refractivity contribution in [2.75, 3.05) is 13.1 Å². The van der Waals surface area contributed by atoms with E-state index in [4.69, 9.17) is 14.1 Å². The highest BCUT2D eigenvalue weighted by atomic mass is 16.5. The van der Waals surface area contributed by atoms with Crippen LogP contribution in [0.1, 0.15) is 55.6 Å². The summed E-state index contributed by atoms with van der Waals surface area (Å²) in [5.74, 6) is 1.60. The fourth-order valence-electron chi connectivity index (χ4n) is 4.11. The second-order valence-corrected chi connectivity index (χ2v) is 8.27. The molecule has 1 fully saturated rings. The van der Waals surface area contributed by atoms with Gasteiger partial charge in [-0.05, 0) is 53.7 Å². The Morgan fingerprint density at radius 3 is 2.45 bits per heavy atom. The maximum absolute atomic E-state index is 13.5. The van der Waals surface area contributed by atoms with Crippen molar-refractivity contribution in [2.24, 2.45) is 0 Å². The molecular formula is C22H28N4O3. The number of nitrogens with zero attached hydrogens (tertiary/aromatic N) is 4. The zero-order chi connectivity index (χ0) is 20.9. The number of amides is 1. The van der Waals surface area contributed by atoms with Crippen LogP contribution in [0, 0.1) is 13.8 Å². The molecule has 0 bridgehead atoms. The van der Waals surface area contributed by atoms with E-state index in [1.807, 2.05) is 49.4 Å². The van der Waals surface area contributed by atoms with Gasteiger partial charge in [0.2, 0.25) is 0 Å². The first kappa shape index (κ1) is 19.6. The summed E-state index contributed by atoms with van der Waals surface area (Å²) in [5.41, 5.74) is 2.97. The summed E-state index contributed by atoms with van der Waals surface area (Å²) in [6.45, 7) is 13.1. The monoisotopic (exact) mass is 396 g/mol. The van der Waals surface area contributed by atoms with Gasteiger partial charge in [-0.3, -0.25) is 4.79 Å². The van der Waals surface area contributed by atoms with Crippen LogP contribution in [-0.2, 0) is 4.74 Å². The Balaban J connectivity index is 1.88. The summed E-state index contributed by atoms with van der Waals surface area (Å²) < 4.78 is 13.4. The number of hydrogen-bond donors (Lipinski definition) is 0. The number of aromatic nitrogens is 3. The Labute approximate surface area is 170 Å². The lowest BCUT2D eigenvalue weighted by atomic mass is 10.1. The molecule has 29 heavy (non-hydrogen) atoms. The van der Waals surface area contributed by atoms with Gasteiger partial charge >= 0.3 is 0 Å². The van der Waals surface area contributed by atoms with Gasteiger partial charge in [0.25, 0.3) is 5.91 Å². The number of furan rings is 1. The number of pyridine rings is 1. The van der Waals surface area contributed by atoms with Gasteiger partial charge in [-0.2, -0.15) is 5.10 Å². The zero-order valence-electron chi connectivity index (χ0n) is 17.9. The average molecular weight is 396 g/mol. The lowest BCUT2D eigenvalue weighted by molar-refractivity contribution is -0.0585. The molecule has 2 atom stereocenters. The first-order valence-electron chi connectivity index (χ1n) is 10.1. The van der Waals surface area contributed by atoms with Gasteiger partial charge in [-0.1, -0.05) is 0 Å². The molecule has 7 nitrogen and oxygen atoms in total. The molecule has 0 radical (unpaired) electrons. The minimum absolute atomic E-state index is 0.0108. The van der Waals surface area contributed by atoms with Crippen LogP contribution < -0.4 is 0 Å². The van der Waals surface area contributed by atoms with Gasteiger partial charge in [-0.15, -0.1) is 0 Å². The number of carbonyl (C=O) groups excluding carboxylic acids is 1. The molecule has 0 aromatic carbocycles. The Morgan fingerprint density at radius 1 is 1.17 bits per heavy atom. The third kappa shape index (κ3) is 3.55. The largest absolute Gasteiger partial charge is 0.466 e. The molecule has 0 N–H and O–H groups in total. The topological polar surface area (TPSA) is 73.4 Å². The molecule has 4 rings (SSSR count). The Morgan fingerprint density at radius 2 is 1.86 bits per heavy atom. The second kappa shape index (κ2) is 7.30. The molecule has 3 aromatic rings. The van der Waals surface area contributed by atoms with E-state index in [-0.39, 0.29) is 24.2 Å². The normalized spacial score (nSPS) is 20.0. The number of aryl methyl sites for hydroxylation is 2. The lowest BCUT2D eigenvalue weighted by Gasteiger charge is -2.35. The van der Waals surface area contributed by atoms with Crippen molar-refractivity contribution in [2.45, 2.75) is 59.8 Å². The van der Waals surface area contributed by atoms with E-state index in [1.54, 1.807) is 6.20 Å². The molecule has 0 spiro atoms. The van der Waals surface area contributed by atoms with E-state index < -0.39 is 0 Å². The first-order chi connectivity index (χ1) is 13.7. The first-order valence-corrected chi connectivity index (χ1v) is 10.1. The summed E-state index contributed by atoms with van der Waals surface area (Å²) in [6, 6.07) is 3.97. The molecule has 4 heterocycles. The lowest BCUT2D eigenvalue weighted by Crippen LogP contribution is -2.48. The molecule has 1 aliphatic rings. The number of rotatable bonds is 3. The fourth-order valence-corrected chi connectivity index (χ4v) is 4.11. The van der Waals surface area contributed by atoms with Crippen LogP contribution in [0.2, 0.25) is 0 Å². The van der Waals surface area contributed by atoms with Gasteiger partial charge in [0.05, 0.1) is 35.0 Å². The van der Waals surface area contributed by atoms with Gasteiger partial charge in [0.15, 0.2) is 5.65 Å². The fraction of sp³-hybridized carbons (Fsp3) is 0.500. The van der Waals surface area contributed by atoms with Crippen molar-refractivity contribution in [3.8, 4) is 11.3 Å². The zero-order valence-corrected chi connectivity index (χ0v) is 17.9. The Bertz CT molecular complexity index is 1060. The standard InChI is InChI=1S/C22H28N4O3/c1-12(2)26-21-19(9-23-26)18(22(27)25-10-14(4)28-15(5)11-25)8-20(24-21)17-7-13(3)29-16(17)6/h7-9,12,14-15H,10-11H2,1-6H3. The quantitative estimate of drug-likeness (QED) is 0.665.